The van der Waals surface area contributed by atoms with E-state index in [1.807, 2.05) is 0 Å². The van der Waals surface area contributed by atoms with Gasteiger partial charge in [-0.2, -0.15) is 0 Å². The molecule has 0 aromatic heterocycles. The summed E-state index contributed by atoms with van der Waals surface area (Å²) < 4.78 is 26.0. The van der Waals surface area contributed by atoms with Crippen molar-refractivity contribution >= 4 is 38.1 Å². The fourth-order valence-electron chi connectivity index (χ4n) is 1.64. The number of nitro benzene ring substituents is 1. The molecule has 21 heavy (non-hydrogen) atoms. The number of nitrogens with zero attached hydrogens (tertiary/aromatic N) is 1. The number of benzene rings is 2. The number of nitrogens with two attached hydrogens (primary N) is 1. The van der Waals surface area contributed by atoms with Crippen LogP contribution in [0.25, 0.3) is 0 Å². The van der Waals surface area contributed by atoms with Gasteiger partial charge in [0.05, 0.1) is 27.2 Å². The van der Waals surface area contributed by atoms with Crippen molar-refractivity contribution in [2.24, 2.45) is 0 Å². The van der Waals surface area contributed by atoms with Crippen LogP contribution in [0.1, 0.15) is 5.56 Å². The zero-order valence-corrected chi connectivity index (χ0v) is 13.0. The SMILES string of the molecule is Nc1ccc(S(=O)Cc2ccc([N+](=O)[O-])cc2Br)cc1F. The highest BCUT2D eigenvalue weighted by Crippen LogP contribution is 2.26. The first-order chi connectivity index (χ1) is 9.88. The smallest absolute Gasteiger partial charge is 0.270 e. The maximum absolute atomic E-state index is 13.4. The minimum atomic E-state index is -1.48. The van der Waals surface area contributed by atoms with Crippen molar-refractivity contribution in [3.63, 3.8) is 0 Å². The standard InChI is InChI=1S/C13H10BrFN2O3S/c14-11-5-9(17(18)19)2-1-8(11)7-21(20)10-3-4-13(16)12(15)6-10/h1-6H,7,16H2. The van der Waals surface area contributed by atoms with E-state index >= 15 is 0 Å². The zero-order valence-electron chi connectivity index (χ0n) is 10.6. The molecule has 0 saturated carbocycles. The third kappa shape index (κ3) is 3.64. The van der Waals surface area contributed by atoms with E-state index in [1.54, 1.807) is 0 Å². The highest BCUT2D eigenvalue weighted by molar-refractivity contribution is 9.10. The van der Waals surface area contributed by atoms with Gasteiger partial charge >= 0.3 is 0 Å². The van der Waals surface area contributed by atoms with E-state index in [-0.39, 0.29) is 17.1 Å². The molecular weight excluding hydrogens is 363 g/mol. The van der Waals surface area contributed by atoms with E-state index in [2.05, 4.69) is 15.9 Å². The van der Waals surface area contributed by atoms with E-state index in [1.165, 1.54) is 30.3 Å². The van der Waals surface area contributed by atoms with Gasteiger partial charge in [-0.05, 0) is 23.8 Å². The molecule has 1 atom stereocenters. The van der Waals surface area contributed by atoms with Crippen LogP contribution in [0.5, 0.6) is 0 Å². The molecule has 0 spiro atoms. The molecule has 0 aliphatic heterocycles. The lowest BCUT2D eigenvalue weighted by Gasteiger charge is -2.06. The summed E-state index contributed by atoms with van der Waals surface area (Å²) in [5, 5.41) is 10.6. The van der Waals surface area contributed by atoms with Gasteiger partial charge in [0.25, 0.3) is 5.69 Å². The van der Waals surface area contributed by atoms with Crippen LogP contribution in [0.15, 0.2) is 45.8 Å². The lowest BCUT2D eigenvalue weighted by atomic mass is 10.2. The molecule has 2 aromatic carbocycles. The third-order valence-corrected chi connectivity index (χ3v) is 4.86. The molecule has 0 fully saturated rings. The van der Waals surface area contributed by atoms with Crippen molar-refractivity contribution in [1.29, 1.82) is 0 Å². The lowest BCUT2D eigenvalue weighted by molar-refractivity contribution is -0.384. The summed E-state index contributed by atoms with van der Waals surface area (Å²) in [5.74, 6) is -0.509. The molecule has 0 aliphatic carbocycles. The highest BCUT2D eigenvalue weighted by Gasteiger charge is 2.13. The number of rotatable bonds is 4. The molecule has 2 rings (SSSR count). The van der Waals surface area contributed by atoms with Gasteiger partial charge in [0.2, 0.25) is 0 Å². The van der Waals surface area contributed by atoms with Crippen LogP contribution in [0.4, 0.5) is 15.8 Å². The van der Waals surface area contributed by atoms with E-state index in [4.69, 9.17) is 5.73 Å². The van der Waals surface area contributed by atoms with Crippen LogP contribution in [-0.4, -0.2) is 9.13 Å². The van der Waals surface area contributed by atoms with Crippen molar-refractivity contribution in [3.8, 4) is 0 Å². The number of hydrogen-bond acceptors (Lipinski definition) is 4. The Labute approximate surface area is 130 Å². The van der Waals surface area contributed by atoms with Crippen molar-refractivity contribution in [1.82, 2.24) is 0 Å². The van der Waals surface area contributed by atoms with Crippen molar-refractivity contribution in [2.75, 3.05) is 5.73 Å². The van der Waals surface area contributed by atoms with Crippen LogP contribution >= 0.6 is 15.9 Å². The van der Waals surface area contributed by atoms with Crippen molar-refractivity contribution in [2.45, 2.75) is 10.6 Å². The molecule has 8 heteroatoms. The van der Waals surface area contributed by atoms with Gasteiger partial charge in [0.15, 0.2) is 0 Å². The Morgan fingerprint density at radius 2 is 2.00 bits per heavy atom. The minimum Gasteiger partial charge on any atom is -0.396 e. The number of hydrogen-bond donors (Lipinski definition) is 1. The summed E-state index contributed by atoms with van der Waals surface area (Å²) in [6, 6.07) is 8.18. The Balaban J connectivity index is 2.23. The van der Waals surface area contributed by atoms with Gasteiger partial charge in [-0.1, -0.05) is 22.0 Å². The van der Waals surface area contributed by atoms with Gasteiger partial charge in [0, 0.05) is 21.5 Å². The fourth-order valence-corrected chi connectivity index (χ4v) is 3.49. The van der Waals surface area contributed by atoms with Gasteiger partial charge in [-0.25, -0.2) is 4.39 Å². The summed E-state index contributed by atoms with van der Waals surface area (Å²) in [6.07, 6.45) is 0. The third-order valence-electron chi connectivity index (χ3n) is 2.77. The van der Waals surface area contributed by atoms with E-state index in [0.717, 1.165) is 6.07 Å². The van der Waals surface area contributed by atoms with E-state index in [0.29, 0.717) is 14.9 Å². The summed E-state index contributed by atoms with van der Waals surface area (Å²) in [4.78, 5) is 10.4. The molecule has 2 N–H and O–H groups in total. The second kappa shape index (κ2) is 6.31. The normalized spacial score (nSPS) is 12.1. The average molecular weight is 373 g/mol. The predicted molar refractivity (Wildman–Crippen MR) is 81.7 cm³/mol. The summed E-state index contributed by atoms with van der Waals surface area (Å²) in [7, 11) is -1.48. The fraction of sp³-hybridized carbons (Fsp3) is 0.0769. The molecule has 0 heterocycles. The van der Waals surface area contributed by atoms with Crippen molar-refractivity contribution in [3.05, 3.63) is 62.4 Å². The summed E-state index contributed by atoms with van der Waals surface area (Å²) in [5.41, 5.74) is 5.93. The summed E-state index contributed by atoms with van der Waals surface area (Å²) >= 11 is 3.21. The minimum absolute atomic E-state index is 0.00716. The molecule has 5 nitrogen and oxygen atoms in total. The molecule has 0 saturated heterocycles. The molecular formula is C13H10BrFN2O3S. The number of halogens is 2. The second-order valence-corrected chi connectivity index (χ2v) is 6.51. The first-order valence-corrected chi connectivity index (χ1v) is 7.86. The maximum atomic E-state index is 13.4. The largest absolute Gasteiger partial charge is 0.396 e. The Morgan fingerprint density at radius 1 is 1.29 bits per heavy atom. The molecule has 0 amide bonds. The van der Waals surface area contributed by atoms with Crippen LogP contribution in [0.3, 0.4) is 0 Å². The molecule has 0 radical (unpaired) electrons. The maximum Gasteiger partial charge on any atom is 0.270 e. The number of nitrogen functional groups attached to an aromatic ring is 1. The first-order valence-electron chi connectivity index (χ1n) is 5.74. The van der Waals surface area contributed by atoms with Gasteiger partial charge in [-0.15, -0.1) is 0 Å². The molecule has 0 aliphatic rings. The molecule has 0 bridgehead atoms. The van der Waals surface area contributed by atoms with E-state index in [9.17, 15) is 18.7 Å². The van der Waals surface area contributed by atoms with Crippen LogP contribution < -0.4 is 5.73 Å². The van der Waals surface area contributed by atoms with Gasteiger partial charge in [0.1, 0.15) is 5.82 Å². The first kappa shape index (κ1) is 15.6. The highest BCUT2D eigenvalue weighted by atomic mass is 79.9. The van der Waals surface area contributed by atoms with Gasteiger partial charge < -0.3 is 5.73 Å². The second-order valence-electron chi connectivity index (χ2n) is 4.21. The summed E-state index contributed by atoms with van der Waals surface area (Å²) in [6.45, 7) is 0. The predicted octanol–water partition coefficient (Wildman–Crippen LogP) is 3.39. The molecule has 1 unspecified atom stereocenters. The zero-order chi connectivity index (χ0) is 15.6. The Bertz CT molecular complexity index is 739. The van der Waals surface area contributed by atoms with Crippen LogP contribution in [0.2, 0.25) is 0 Å². The molecule has 2 aromatic rings. The quantitative estimate of drug-likeness (QED) is 0.506. The Morgan fingerprint density at radius 3 is 2.57 bits per heavy atom. The Kier molecular flexibility index (Phi) is 4.69. The van der Waals surface area contributed by atoms with Crippen molar-refractivity contribution < 1.29 is 13.5 Å². The number of anilines is 1. The monoisotopic (exact) mass is 372 g/mol. The van der Waals surface area contributed by atoms with E-state index < -0.39 is 21.5 Å². The lowest BCUT2D eigenvalue weighted by Crippen LogP contribution is -2.00. The molecule has 110 valence electrons. The van der Waals surface area contributed by atoms with Crippen LogP contribution in [0, 0.1) is 15.9 Å². The Hall–Kier alpha value is -1.80. The average Bonchev–Trinajstić information content (AvgIpc) is 2.43. The topological polar surface area (TPSA) is 86.2 Å². The number of non-ortho nitro benzene ring substituents is 1. The van der Waals surface area contributed by atoms with Crippen LogP contribution in [-0.2, 0) is 16.6 Å². The number of nitro groups is 1. The van der Waals surface area contributed by atoms with Gasteiger partial charge in [-0.3, -0.25) is 14.3 Å².